The molecule has 2 atom stereocenters. The van der Waals surface area contributed by atoms with Gasteiger partial charge in [0.15, 0.2) is 0 Å². The maximum Gasteiger partial charge on any atom is 0.225 e. The van der Waals surface area contributed by atoms with Crippen molar-refractivity contribution in [3.05, 3.63) is 17.4 Å². The highest BCUT2D eigenvalue weighted by Crippen LogP contribution is 2.42. The molecule has 0 spiro atoms. The minimum atomic E-state index is -0.178. The lowest BCUT2D eigenvalue weighted by Gasteiger charge is -2.30. The number of ether oxygens (including phenoxy) is 1. The number of likely N-dealkylation sites (tertiary alicyclic amines) is 2. The molecule has 1 N–H and O–H groups in total. The van der Waals surface area contributed by atoms with Crippen LogP contribution in [0, 0.1) is 17.3 Å². The number of amides is 1. The van der Waals surface area contributed by atoms with E-state index in [0.717, 1.165) is 45.6 Å². The number of hydrogen-bond acceptors (Lipinski definition) is 5. The molecule has 1 amide bonds. The molecule has 4 rings (SSSR count). The van der Waals surface area contributed by atoms with Gasteiger partial charge < -0.3 is 19.6 Å². The second-order valence-corrected chi connectivity index (χ2v) is 8.42. The van der Waals surface area contributed by atoms with Crippen molar-refractivity contribution in [1.82, 2.24) is 19.6 Å². The average molecular weight is 383 g/mol. The monoisotopic (exact) mass is 382 g/mol. The van der Waals surface area contributed by atoms with E-state index >= 15 is 0 Å². The zero-order valence-electron chi connectivity index (χ0n) is 15.0. The maximum absolute atomic E-state index is 12.8. The zero-order valence-corrected chi connectivity index (χ0v) is 15.8. The molecule has 3 saturated heterocycles. The zero-order chi connectivity index (χ0) is 18.1. The highest BCUT2D eigenvalue weighted by Gasteiger charge is 2.53. The van der Waals surface area contributed by atoms with E-state index in [9.17, 15) is 9.90 Å². The summed E-state index contributed by atoms with van der Waals surface area (Å²) in [6, 6.07) is 0. The molecule has 0 radical (unpaired) electrons. The Hall–Kier alpha value is -1.15. The fourth-order valence-electron chi connectivity index (χ4n) is 4.76. The third-order valence-electron chi connectivity index (χ3n) is 6.27. The van der Waals surface area contributed by atoms with Gasteiger partial charge in [0.25, 0.3) is 0 Å². The molecular formula is C18H27ClN4O3. The van der Waals surface area contributed by atoms with E-state index in [0.29, 0.717) is 30.7 Å². The summed E-state index contributed by atoms with van der Waals surface area (Å²) in [7, 11) is 0. The van der Waals surface area contributed by atoms with E-state index in [-0.39, 0.29) is 23.8 Å². The van der Waals surface area contributed by atoms with E-state index in [1.54, 1.807) is 6.20 Å². The summed E-state index contributed by atoms with van der Waals surface area (Å²) in [4.78, 5) is 17.2. The highest BCUT2D eigenvalue weighted by atomic mass is 35.5. The van der Waals surface area contributed by atoms with Crippen LogP contribution in [0.2, 0.25) is 5.02 Å². The largest absolute Gasteiger partial charge is 0.396 e. The lowest BCUT2D eigenvalue weighted by atomic mass is 9.82. The molecule has 0 saturated carbocycles. The van der Waals surface area contributed by atoms with E-state index in [1.807, 2.05) is 15.8 Å². The third kappa shape index (κ3) is 3.50. The normalized spacial score (nSPS) is 30.1. The Labute approximate surface area is 158 Å². The molecule has 4 heterocycles. The first-order valence-electron chi connectivity index (χ1n) is 9.47. The van der Waals surface area contributed by atoms with E-state index in [4.69, 9.17) is 16.3 Å². The predicted molar refractivity (Wildman–Crippen MR) is 96.8 cm³/mol. The molecule has 26 heavy (non-hydrogen) atoms. The van der Waals surface area contributed by atoms with Gasteiger partial charge in [-0.25, -0.2) is 0 Å². The number of rotatable bonds is 5. The van der Waals surface area contributed by atoms with Gasteiger partial charge in [0.1, 0.15) is 0 Å². The van der Waals surface area contributed by atoms with Gasteiger partial charge in [-0.2, -0.15) is 5.10 Å². The van der Waals surface area contributed by atoms with E-state index in [1.165, 1.54) is 0 Å². The number of aromatic nitrogens is 2. The van der Waals surface area contributed by atoms with Crippen LogP contribution < -0.4 is 0 Å². The van der Waals surface area contributed by atoms with Crippen LogP contribution in [0.25, 0.3) is 0 Å². The predicted octanol–water partition coefficient (Wildman–Crippen LogP) is 0.716. The van der Waals surface area contributed by atoms with Crippen LogP contribution in [-0.4, -0.2) is 83.1 Å². The topological polar surface area (TPSA) is 70.8 Å². The first kappa shape index (κ1) is 18.2. The number of carbonyl (C=O) groups is 1. The number of carbonyl (C=O) groups excluding carboxylic acids is 1. The summed E-state index contributed by atoms with van der Waals surface area (Å²) in [5, 5.41) is 15.0. The fourth-order valence-corrected chi connectivity index (χ4v) is 4.92. The van der Waals surface area contributed by atoms with Crippen molar-refractivity contribution in [3.63, 3.8) is 0 Å². The minimum absolute atomic E-state index is 0.0963. The Morgan fingerprint density at radius 1 is 1.31 bits per heavy atom. The van der Waals surface area contributed by atoms with Crippen LogP contribution in [0.4, 0.5) is 0 Å². The molecule has 3 fully saturated rings. The Balaban J connectivity index is 1.34. The number of fused-ring (bicyclic) bond motifs is 1. The molecule has 0 aromatic carbocycles. The van der Waals surface area contributed by atoms with Crippen molar-refractivity contribution in [1.29, 1.82) is 0 Å². The molecule has 0 bridgehead atoms. The number of halogens is 1. The molecule has 1 aromatic heterocycles. The summed E-state index contributed by atoms with van der Waals surface area (Å²) >= 11 is 5.91. The molecule has 2 unspecified atom stereocenters. The lowest BCUT2D eigenvalue weighted by molar-refractivity contribution is -0.138. The van der Waals surface area contributed by atoms with Crippen molar-refractivity contribution in [3.8, 4) is 0 Å². The SMILES string of the molecule is O=C(C1CCOCC1)N1CC2CN(CCn3cc(Cl)cn3)CC2(CO)C1. The summed E-state index contributed by atoms with van der Waals surface area (Å²) in [5.41, 5.74) is -0.178. The Kier molecular flexibility index (Phi) is 5.23. The quantitative estimate of drug-likeness (QED) is 0.812. The molecule has 3 aliphatic rings. The van der Waals surface area contributed by atoms with Crippen molar-refractivity contribution >= 4 is 17.5 Å². The van der Waals surface area contributed by atoms with Crippen LogP contribution in [0.15, 0.2) is 12.4 Å². The van der Waals surface area contributed by atoms with Crippen molar-refractivity contribution in [2.75, 3.05) is 52.5 Å². The average Bonchev–Trinajstić information content (AvgIpc) is 3.32. The van der Waals surface area contributed by atoms with Gasteiger partial charge in [-0.15, -0.1) is 0 Å². The molecule has 7 nitrogen and oxygen atoms in total. The van der Waals surface area contributed by atoms with Gasteiger partial charge in [-0.05, 0) is 18.8 Å². The third-order valence-corrected chi connectivity index (χ3v) is 6.47. The molecule has 3 aliphatic heterocycles. The standard InChI is InChI=1S/C18H27ClN4O3/c19-16-7-20-23(10-16)4-3-21-8-15-9-22(12-18(15,11-21)13-24)17(25)14-1-5-26-6-2-14/h7,10,14-15,24H,1-6,8-9,11-13H2. The van der Waals surface area contributed by atoms with Crippen LogP contribution >= 0.6 is 11.6 Å². The smallest absolute Gasteiger partial charge is 0.225 e. The van der Waals surface area contributed by atoms with Crippen molar-refractivity contribution < 1.29 is 14.6 Å². The summed E-state index contributed by atoms with van der Waals surface area (Å²) in [6.07, 6.45) is 5.12. The van der Waals surface area contributed by atoms with Crippen molar-refractivity contribution in [2.24, 2.45) is 17.3 Å². The van der Waals surface area contributed by atoms with Crippen LogP contribution in [0.3, 0.4) is 0 Å². The fraction of sp³-hybridized carbons (Fsp3) is 0.778. The molecule has 144 valence electrons. The lowest BCUT2D eigenvalue weighted by Crippen LogP contribution is -2.42. The van der Waals surface area contributed by atoms with Gasteiger partial charge in [0.2, 0.25) is 5.91 Å². The summed E-state index contributed by atoms with van der Waals surface area (Å²) in [6.45, 7) is 6.37. The van der Waals surface area contributed by atoms with E-state index < -0.39 is 0 Å². The Morgan fingerprint density at radius 3 is 2.77 bits per heavy atom. The van der Waals surface area contributed by atoms with Gasteiger partial charge in [-0.1, -0.05) is 11.6 Å². The van der Waals surface area contributed by atoms with Crippen LogP contribution in [0.5, 0.6) is 0 Å². The van der Waals surface area contributed by atoms with Crippen molar-refractivity contribution in [2.45, 2.75) is 19.4 Å². The first-order chi connectivity index (χ1) is 12.6. The summed E-state index contributed by atoms with van der Waals surface area (Å²) in [5.74, 6) is 0.699. The van der Waals surface area contributed by atoms with Crippen LogP contribution in [-0.2, 0) is 16.1 Å². The van der Waals surface area contributed by atoms with Gasteiger partial charge in [-0.3, -0.25) is 9.48 Å². The number of aliphatic hydroxyl groups excluding tert-OH is 1. The highest BCUT2D eigenvalue weighted by molar-refractivity contribution is 6.30. The summed E-state index contributed by atoms with van der Waals surface area (Å²) < 4.78 is 7.22. The van der Waals surface area contributed by atoms with Gasteiger partial charge in [0, 0.05) is 63.5 Å². The van der Waals surface area contributed by atoms with E-state index in [2.05, 4.69) is 10.00 Å². The second kappa shape index (κ2) is 7.46. The van der Waals surface area contributed by atoms with Gasteiger partial charge >= 0.3 is 0 Å². The Bertz CT molecular complexity index is 648. The molecule has 8 heteroatoms. The number of aliphatic hydroxyl groups is 1. The minimum Gasteiger partial charge on any atom is -0.396 e. The first-order valence-corrected chi connectivity index (χ1v) is 9.85. The molecule has 0 aliphatic carbocycles. The number of nitrogens with zero attached hydrogens (tertiary/aromatic N) is 4. The number of hydrogen-bond donors (Lipinski definition) is 1. The van der Waals surface area contributed by atoms with Gasteiger partial charge in [0.05, 0.1) is 24.4 Å². The Morgan fingerprint density at radius 2 is 2.12 bits per heavy atom. The second-order valence-electron chi connectivity index (χ2n) is 7.98. The molecule has 1 aromatic rings. The maximum atomic E-state index is 12.8. The molecular weight excluding hydrogens is 356 g/mol. The van der Waals surface area contributed by atoms with Crippen LogP contribution in [0.1, 0.15) is 12.8 Å².